The van der Waals surface area contributed by atoms with Crippen LogP contribution in [0.1, 0.15) is 31.9 Å². The maximum absolute atomic E-state index is 10.2. The molecule has 0 aliphatic carbocycles. The van der Waals surface area contributed by atoms with Gasteiger partial charge in [-0.25, -0.2) is 5.10 Å². The van der Waals surface area contributed by atoms with Crippen molar-refractivity contribution in [1.82, 2.24) is 14.9 Å². The predicted molar refractivity (Wildman–Crippen MR) is 109 cm³/mol. The standard InChI is InChI=1S/C20H22N4O2S/c1-20(2,3)15-10-8-13(9-11-15)18-22-23-19(27)24(18)21-12-14-6-5-7-16(26-4)17(14)25/h5-12,25H,1-4H3,(H,23,27)/b21-12+. The van der Waals surface area contributed by atoms with Gasteiger partial charge in [0.05, 0.1) is 13.3 Å². The van der Waals surface area contributed by atoms with Gasteiger partial charge in [0.25, 0.3) is 0 Å². The molecule has 1 aromatic heterocycles. The van der Waals surface area contributed by atoms with E-state index in [1.165, 1.54) is 23.6 Å². The van der Waals surface area contributed by atoms with Gasteiger partial charge in [-0.2, -0.15) is 14.9 Å². The summed E-state index contributed by atoms with van der Waals surface area (Å²) in [6.07, 6.45) is 1.52. The van der Waals surface area contributed by atoms with Gasteiger partial charge < -0.3 is 9.84 Å². The summed E-state index contributed by atoms with van der Waals surface area (Å²) >= 11 is 5.30. The molecule has 3 aromatic rings. The van der Waals surface area contributed by atoms with Crippen LogP contribution in [0.5, 0.6) is 11.5 Å². The lowest BCUT2D eigenvalue weighted by molar-refractivity contribution is 0.373. The lowest BCUT2D eigenvalue weighted by Crippen LogP contribution is -2.10. The van der Waals surface area contributed by atoms with Crippen molar-refractivity contribution in [3.05, 3.63) is 58.4 Å². The molecule has 27 heavy (non-hydrogen) atoms. The second-order valence-electron chi connectivity index (χ2n) is 7.13. The minimum Gasteiger partial charge on any atom is -0.504 e. The van der Waals surface area contributed by atoms with E-state index in [2.05, 4.69) is 48.2 Å². The number of ether oxygens (including phenoxy) is 1. The molecule has 2 N–H and O–H groups in total. The van der Waals surface area contributed by atoms with Crippen LogP contribution in [0.25, 0.3) is 11.4 Å². The SMILES string of the molecule is COc1cccc(/C=N/n2c(-c3ccc(C(C)(C)C)cc3)n[nH]c2=S)c1O. The van der Waals surface area contributed by atoms with Crippen molar-refractivity contribution >= 4 is 18.4 Å². The number of methoxy groups -OCH3 is 1. The topological polar surface area (TPSA) is 75.4 Å². The van der Waals surface area contributed by atoms with Gasteiger partial charge in [0.15, 0.2) is 17.3 Å². The number of para-hydroxylation sites is 1. The van der Waals surface area contributed by atoms with Gasteiger partial charge in [-0.1, -0.05) is 51.1 Å². The highest BCUT2D eigenvalue weighted by molar-refractivity contribution is 7.71. The van der Waals surface area contributed by atoms with Gasteiger partial charge in [0.1, 0.15) is 0 Å². The number of benzene rings is 2. The van der Waals surface area contributed by atoms with Crippen LogP contribution in [0.3, 0.4) is 0 Å². The zero-order valence-corrected chi connectivity index (χ0v) is 16.5. The summed E-state index contributed by atoms with van der Waals surface area (Å²) in [6.45, 7) is 6.51. The molecule has 0 spiro atoms. The second kappa shape index (κ2) is 7.36. The van der Waals surface area contributed by atoms with Gasteiger partial charge in [-0.05, 0) is 35.3 Å². The van der Waals surface area contributed by atoms with Crippen LogP contribution in [0, 0.1) is 4.77 Å². The van der Waals surface area contributed by atoms with Crippen molar-refractivity contribution < 1.29 is 9.84 Å². The van der Waals surface area contributed by atoms with E-state index < -0.39 is 0 Å². The van der Waals surface area contributed by atoms with Crippen molar-refractivity contribution in [2.45, 2.75) is 26.2 Å². The van der Waals surface area contributed by atoms with E-state index in [0.717, 1.165) is 5.56 Å². The first-order chi connectivity index (χ1) is 12.8. The molecule has 0 bridgehead atoms. The Bertz CT molecular complexity index is 1030. The molecular formula is C20H22N4O2S. The quantitative estimate of drug-likeness (QED) is 0.514. The Morgan fingerprint density at radius 2 is 1.89 bits per heavy atom. The van der Waals surface area contributed by atoms with Crippen molar-refractivity contribution in [2.75, 3.05) is 7.11 Å². The molecule has 3 rings (SSSR count). The average Bonchev–Trinajstić information content (AvgIpc) is 3.01. The molecule has 0 aliphatic rings. The smallest absolute Gasteiger partial charge is 0.216 e. The molecule has 1 heterocycles. The highest BCUT2D eigenvalue weighted by atomic mass is 32.1. The fraction of sp³-hybridized carbons (Fsp3) is 0.250. The summed E-state index contributed by atoms with van der Waals surface area (Å²) in [5.41, 5.74) is 2.72. The van der Waals surface area contributed by atoms with E-state index >= 15 is 0 Å². The molecular weight excluding hydrogens is 360 g/mol. The van der Waals surface area contributed by atoms with Gasteiger partial charge in [-0.15, -0.1) is 0 Å². The lowest BCUT2D eigenvalue weighted by atomic mass is 9.87. The van der Waals surface area contributed by atoms with Crippen LogP contribution in [0.4, 0.5) is 0 Å². The van der Waals surface area contributed by atoms with E-state index in [1.807, 2.05) is 12.1 Å². The van der Waals surface area contributed by atoms with Crippen molar-refractivity contribution in [2.24, 2.45) is 5.10 Å². The van der Waals surface area contributed by atoms with Crippen LogP contribution < -0.4 is 4.74 Å². The third-order valence-corrected chi connectivity index (χ3v) is 4.49. The first-order valence-corrected chi connectivity index (χ1v) is 8.91. The number of aromatic hydroxyl groups is 1. The molecule has 7 heteroatoms. The molecule has 0 radical (unpaired) electrons. The van der Waals surface area contributed by atoms with Crippen molar-refractivity contribution in [3.8, 4) is 22.9 Å². The highest BCUT2D eigenvalue weighted by Gasteiger charge is 2.15. The Morgan fingerprint density at radius 3 is 2.52 bits per heavy atom. The molecule has 0 unspecified atom stereocenters. The van der Waals surface area contributed by atoms with Gasteiger partial charge >= 0.3 is 0 Å². The van der Waals surface area contributed by atoms with Crippen LogP contribution >= 0.6 is 12.2 Å². The van der Waals surface area contributed by atoms with E-state index in [1.54, 1.807) is 18.2 Å². The Kier molecular flexibility index (Phi) is 5.14. The number of H-pyrrole nitrogens is 1. The minimum atomic E-state index is 0.0230. The number of aromatic nitrogens is 3. The fourth-order valence-corrected chi connectivity index (χ4v) is 2.81. The minimum absolute atomic E-state index is 0.0230. The Labute approximate surface area is 163 Å². The number of rotatable bonds is 4. The molecule has 0 saturated heterocycles. The molecule has 140 valence electrons. The largest absolute Gasteiger partial charge is 0.504 e. The number of hydrogen-bond donors (Lipinski definition) is 2. The monoisotopic (exact) mass is 382 g/mol. The number of hydrogen-bond acceptors (Lipinski definition) is 5. The molecule has 0 atom stereocenters. The van der Waals surface area contributed by atoms with Gasteiger partial charge in [0.2, 0.25) is 4.77 Å². The van der Waals surface area contributed by atoms with E-state index in [9.17, 15) is 5.11 Å². The number of nitrogens with one attached hydrogen (secondary N) is 1. The lowest BCUT2D eigenvalue weighted by Gasteiger charge is -2.18. The summed E-state index contributed by atoms with van der Waals surface area (Å²) in [7, 11) is 1.50. The predicted octanol–water partition coefficient (Wildman–Crippen LogP) is 4.50. The van der Waals surface area contributed by atoms with Crippen molar-refractivity contribution in [3.63, 3.8) is 0 Å². The van der Waals surface area contributed by atoms with E-state index in [0.29, 0.717) is 21.9 Å². The van der Waals surface area contributed by atoms with Gasteiger partial charge in [-0.3, -0.25) is 0 Å². The number of nitrogens with zero attached hydrogens (tertiary/aromatic N) is 3. The molecule has 0 saturated carbocycles. The fourth-order valence-electron chi connectivity index (χ4n) is 2.63. The van der Waals surface area contributed by atoms with Crippen LogP contribution in [0.15, 0.2) is 47.6 Å². The summed E-state index contributed by atoms with van der Waals surface area (Å²) in [5.74, 6) is 1.00. The molecule has 0 aliphatic heterocycles. The normalized spacial score (nSPS) is 11.9. The van der Waals surface area contributed by atoms with Crippen LogP contribution in [-0.4, -0.2) is 33.3 Å². The van der Waals surface area contributed by atoms with Crippen molar-refractivity contribution in [1.29, 1.82) is 0 Å². The second-order valence-corrected chi connectivity index (χ2v) is 7.52. The Hall–Kier alpha value is -2.93. The van der Waals surface area contributed by atoms with E-state index in [-0.39, 0.29) is 11.2 Å². The zero-order valence-electron chi connectivity index (χ0n) is 15.7. The first kappa shape index (κ1) is 18.8. The maximum Gasteiger partial charge on any atom is 0.216 e. The summed E-state index contributed by atoms with van der Waals surface area (Å²) in [5, 5.41) is 21.7. The molecule has 2 aromatic carbocycles. The third-order valence-electron chi connectivity index (χ3n) is 4.22. The number of aromatic amines is 1. The molecule has 0 amide bonds. The van der Waals surface area contributed by atoms with Crippen LogP contribution in [-0.2, 0) is 5.41 Å². The summed E-state index contributed by atoms with van der Waals surface area (Å²) in [6, 6.07) is 13.4. The first-order valence-electron chi connectivity index (χ1n) is 8.50. The molecule has 0 fully saturated rings. The number of phenolic OH excluding ortho intramolecular Hbond substituents is 1. The highest BCUT2D eigenvalue weighted by Crippen LogP contribution is 2.28. The van der Waals surface area contributed by atoms with Crippen LogP contribution in [0.2, 0.25) is 0 Å². The number of phenols is 1. The maximum atomic E-state index is 10.2. The van der Waals surface area contributed by atoms with E-state index in [4.69, 9.17) is 17.0 Å². The average molecular weight is 382 g/mol. The van der Waals surface area contributed by atoms with Gasteiger partial charge in [0, 0.05) is 11.1 Å². The summed E-state index contributed by atoms with van der Waals surface area (Å²) < 4.78 is 7.01. The summed E-state index contributed by atoms with van der Waals surface area (Å²) in [4.78, 5) is 0. The Morgan fingerprint density at radius 1 is 1.19 bits per heavy atom. The third kappa shape index (κ3) is 3.93. The zero-order chi connectivity index (χ0) is 19.6. The Balaban J connectivity index is 1.97. The molecule has 6 nitrogen and oxygen atoms in total.